The van der Waals surface area contributed by atoms with Gasteiger partial charge in [0.1, 0.15) is 0 Å². The average Bonchev–Trinajstić information content (AvgIpc) is 2.68. The fraction of sp³-hybridized carbons (Fsp3) is 0. The van der Waals surface area contributed by atoms with Crippen LogP contribution >= 0.6 is 50.5 Å². The van der Waals surface area contributed by atoms with Crippen molar-refractivity contribution in [3.05, 3.63) is 43.8 Å². The predicted molar refractivity (Wildman–Crippen MR) is 74.2 cm³/mol. The number of carbonyl (C=O) groups excluding carboxylic acids is 1. The van der Waals surface area contributed by atoms with Crippen LogP contribution in [0.3, 0.4) is 0 Å². The maximum Gasteiger partial charge on any atom is 0.259 e. The van der Waals surface area contributed by atoms with E-state index < -0.39 is 0 Å². The summed E-state index contributed by atoms with van der Waals surface area (Å²) in [5, 5.41) is 3.73. The van der Waals surface area contributed by atoms with Crippen molar-refractivity contribution in [2.24, 2.45) is 0 Å². The van der Waals surface area contributed by atoms with Gasteiger partial charge < -0.3 is 0 Å². The lowest BCUT2D eigenvalue weighted by Gasteiger charge is -2.04. The topological polar surface area (TPSA) is 42.0 Å². The monoisotopic (exact) mass is 350 g/mol. The summed E-state index contributed by atoms with van der Waals surface area (Å²) < 4.78 is 0.838. The minimum atomic E-state index is -0.334. The molecule has 0 aliphatic carbocycles. The minimum Gasteiger partial charge on any atom is -0.298 e. The SMILES string of the molecule is O=C(Nc1ncc(Br)s1)c1cccc(Cl)c1Cl. The van der Waals surface area contributed by atoms with E-state index in [9.17, 15) is 4.79 Å². The van der Waals surface area contributed by atoms with Crippen LogP contribution in [0.1, 0.15) is 10.4 Å². The molecule has 17 heavy (non-hydrogen) atoms. The van der Waals surface area contributed by atoms with Crippen LogP contribution in [-0.2, 0) is 0 Å². The molecule has 0 aliphatic rings. The van der Waals surface area contributed by atoms with Gasteiger partial charge >= 0.3 is 0 Å². The molecule has 1 aromatic heterocycles. The Morgan fingerprint density at radius 3 is 2.82 bits per heavy atom. The minimum absolute atomic E-state index is 0.238. The first-order valence-electron chi connectivity index (χ1n) is 4.44. The second-order valence-electron chi connectivity index (χ2n) is 3.03. The van der Waals surface area contributed by atoms with E-state index in [-0.39, 0.29) is 10.9 Å². The third-order valence-corrected chi connectivity index (χ3v) is 4.10. The van der Waals surface area contributed by atoms with Crippen LogP contribution in [0.2, 0.25) is 10.0 Å². The highest BCUT2D eigenvalue weighted by molar-refractivity contribution is 9.11. The van der Waals surface area contributed by atoms with E-state index in [1.54, 1.807) is 24.4 Å². The molecule has 0 atom stereocenters. The van der Waals surface area contributed by atoms with Gasteiger partial charge in [0.25, 0.3) is 5.91 Å². The molecule has 3 nitrogen and oxygen atoms in total. The molecule has 0 aliphatic heterocycles. The molecule has 0 unspecified atom stereocenters. The van der Waals surface area contributed by atoms with Crippen molar-refractivity contribution in [3.8, 4) is 0 Å². The number of nitrogens with one attached hydrogen (secondary N) is 1. The van der Waals surface area contributed by atoms with Gasteiger partial charge in [0.2, 0.25) is 0 Å². The van der Waals surface area contributed by atoms with Crippen LogP contribution in [0.25, 0.3) is 0 Å². The van der Waals surface area contributed by atoms with Crippen LogP contribution in [0, 0.1) is 0 Å². The van der Waals surface area contributed by atoms with E-state index in [4.69, 9.17) is 23.2 Å². The van der Waals surface area contributed by atoms with Gasteiger partial charge in [-0.15, -0.1) is 0 Å². The lowest BCUT2D eigenvalue weighted by atomic mass is 10.2. The lowest BCUT2D eigenvalue weighted by Crippen LogP contribution is -2.12. The number of rotatable bonds is 2. The van der Waals surface area contributed by atoms with Gasteiger partial charge in [-0.2, -0.15) is 0 Å². The molecule has 0 saturated heterocycles. The van der Waals surface area contributed by atoms with Crippen LogP contribution in [-0.4, -0.2) is 10.9 Å². The molecular weight excluding hydrogens is 347 g/mol. The largest absolute Gasteiger partial charge is 0.298 e. The van der Waals surface area contributed by atoms with Gasteiger partial charge in [0.15, 0.2) is 5.13 Å². The van der Waals surface area contributed by atoms with E-state index in [1.165, 1.54) is 11.3 Å². The fourth-order valence-corrected chi connectivity index (χ4v) is 2.64. The van der Waals surface area contributed by atoms with Gasteiger partial charge in [-0.25, -0.2) is 4.98 Å². The van der Waals surface area contributed by atoms with Crippen molar-refractivity contribution in [3.63, 3.8) is 0 Å². The first-order chi connectivity index (χ1) is 8.08. The highest BCUT2D eigenvalue weighted by Crippen LogP contribution is 2.27. The number of anilines is 1. The Balaban J connectivity index is 2.23. The number of thiazole rings is 1. The molecule has 1 amide bonds. The summed E-state index contributed by atoms with van der Waals surface area (Å²) in [4.78, 5) is 15.9. The Morgan fingerprint density at radius 1 is 1.41 bits per heavy atom. The average molecular weight is 352 g/mol. The van der Waals surface area contributed by atoms with Crippen LogP contribution in [0.15, 0.2) is 28.2 Å². The molecule has 7 heteroatoms. The number of aromatic nitrogens is 1. The molecule has 0 spiro atoms. The van der Waals surface area contributed by atoms with E-state index in [0.29, 0.717) is 15.7 Å². The van der Waals surface area contributed by atoms with Gasteiger partial charge in [-0.05, 0) is 28.1 Å². The zero-order valence-corrected chi connectivity index (χ0v) is 12.1. The molecule has 2 rings (SSSR count). The van der Waals surface area contributed by atoms with Crippen molar-refractivity contribution in [2.75, 3.05) is 5.32 Å². The zero-order chi connectivity index (χ0) is 12.4. The molecule has 1 N–H and O–H groups in total. The quantitative estimate of drug-likeness (QED) is 0.867. The normalized spacial score (nSPS) is 10.3. The summed E-state index contributed by atoms with van der Waals surface area (Å²) in [6.45, 7) is 0. The fourth-order valence-electron chi connectivity index (χ4n) is 1.16. The molecule has 0 bridgehead atoms. The van der Waals surface area contributed by atoms with Crippen molar-refractivity contribution in [1.29, 1.82) is 0 Å². The van der Waals surface area contributed by atoms with Crippen molar-refractivity contribution in [2.45, 2.75) is 0 Å². The summed E-state index contributed by atoms with van der Waals surface area (Å²) in [5.74, 6) is -0.334. The van der Waals surface area contributed by atoms with Crippen molar-refractivity contribution in [1.82, 2.24) is 4.98 Å². The number of hydrogen-bond donors (Lipinski definition) is 1. The van der Waals surface area contributed by atoms with Crippen molar-refractivity contribution >= 4 is 61.5 Å². The number of nitrogens with zero attached hydrogens (tertiary/aromatic N) is 1. The standard InChI is InChI=1S/C10H5BrCl2N2OS/c11-7-4-14-10(17-7)15-9(16)5-2-1-3-6(12)8(5)13/h1-4H,(H,14,15,16). The molecule has 0 fully saturated rings. The number of benzene rings is 1. The third-order valence-electron chi connectivity index (χ3n) is 1.89. The molecule has 1 heterocycles. The smallest absolute Gasteiger partial charge is 0.259 e. The predicted octanol–water partition coefficient (Wildman–Crippen LogP) is 4.46. The van der Waals surface area contributed by atoms with Gasteiger partial charge in [0.05, 0.1) is 25.6 Å². The number of halogens is 3. The lowest BCUT2D eigenvalue weighted by molar-refractivity contribution is 0.102. The van der Waals surface area contributed by atoms with Gasteiger partial charge in [-0.3, -0.25) is 10.1 Å². The van der Waals surface area contributed by atoms with E-state index in [0.717, 1.165) is 3.79 Å². The summed E-state index contributed by atoms with van der Waals surface area (Å²) in [5.41, 5.74) is 0.325. The highest BCUT2D eigenvalue weighted by atomic mass is 79.9. The van der Waals surface area contributed by atoms with E-state index in [1.807, 2.05) is 0 Å². The Kier molecular flexibility index (Phi) is 4.04. The zero-order valence-electron chi connectivity index (χ0n) is 8.21. The molecule has 1 aromatic carbocycles. The maximum absolute atomic E-state index is 11.9. The maximum atomic E-state index is 11.9. The second-order valence-corrected chi connectivity index (χ2v) is 6.22. The second kappa shape index (κ2) is 5.35. The number of amides is 1. The third kappa shape index (κ3) is 2.98. The highest BCUT2D eigenvalue weighted by Gasteiger charge is 2.13. The molecular formula is C10H5BrCl2N2OS. The first-order valence-corrected chi connectivity index (χ1v) is 6.81. The Morgan fingerprint density at radius 2 is 2.18 bits per heavy atom. The molecule has 0 radical (unpaired) electrons. The van der Waals surface area contributed by atoms with Crippen molar-refractivity contribution < 1.29 is 4.79 Å². The number of carbonyl (C=O) groups is 1. The summed E-state index contributed by atoms with van der Waals surface area (Å²) in [7, 11) is 0. The van der Waals surface area contributed by atoms with E-state index >= 15 is 0 Å². The molecule has 2 aromatic rings. The Bertz CT molecular complexity index is 573. The van der Waals surface area contributed by atoms with Crippen LogP contribution in [0.5, 0.6) is 0 Å². The first kappa shape index (κ1) is 12.8. The Labute approximate surface area is 120 Å². The van der Waals surface area contributed by atoms with Crippen LogP contribution < -0.4 is 5.32 Å². The summed E-state index contributed by atoms with van der Waals surface area (Å²) >= 11 is 16.4. The Hall–Kier alpha value is -0.620. The van der Waals surface area contributed by atoms with Crippen LogP contribution in [0.4, 0.5) is 5.13 Å². The molecule has 0 saturated carbocycles. The van der Waals surface area contributed by atoms with E-state index in [2.05, 4.69) is 26.2 Å². The molecule has 88 valence electrons. The van der Waals surface area contributed by atoms with Gasteiger partial charge in [-0.1, -0.05) is 40.6 Å². The van der Waals surface area contributed by atoms with Gasteiger partial charge in [0, 0.05) is 0 Å². The number of hydrogen-bond acceptors (Lipinski definition) is 3. The summed E-state index contributed by atoms with van der Waals surface area (Å²) in [6, 6.07) is 4.90. The summed E-state index contributed by atoms with van der Waals surface area (Å²) in [6.07, 6.45) is 1.61.